The number of ether oxygens (including phenoxy) is 2. The van der Waals surface area contributed by atoms with Crippen molar-refractivity contribution >= 4 is 52.1 Å². The number of aromatic amines is 2. The number of nitrogens with two attached hydrogens (primary N) is 1. The van der Waals surface area contributed by atoms with Gasteiger partial charge in [0.2, 0.25) is 0 Å². The van der Waals surface area contributed by atoms with Crippen LogP contribution in [0, 0.1) is 0 Å². The van der Waals surface area contributed by atoms with Crippen LogP contribution >= 0.6 is 34.7 Å². The van der Waals surface area contributed by atoms with Gasteiger partial charge in [-0.05, 0) is 79.2 Å². The molecule has 204 valence electrons. The van der Waals surface area contributed by atoms with E-state index in [-0.39, 0.29) is 6.04 Å². The number of benzene rings is 3. The molecule has 0 saturated heterocycles. The molecule has 0 radical (unpaired) electrons. The molecule has 39 heavy (non-hydrogen) atoms. The minimum Gasteiger partial charge on any atom is -0.492 e. The number of rotatable bonds is 6. The molecule has 3 aromatic carbocycles. The predicted molar refractivity (Wildman–Crippen MR) is 159 cm³/mol. The van der Waals surface area contributed by atoms with Gasteiger partial charge >= 0.3 is 0 Å². The Morgan fingerprint density at radius 3 is 2.31 bits per heavy atom. The molecule has 0 saturated carbocycles. The Hall–Kier alpha value is -3.27. The van der Waals surface area contributed by atoms with Crippen molar-refractivity contribution in [2.24, 2.45) is 5.73 Å². The number of aromatic nitrogens is 2. The van der Waals surface area contributed by atoms with Gasteiger partial charge in [-0.1, -0.05) is 46.9 Å². The van der Waals surface area contributed by atoms with Crippen LogP contribution in [0.4, 0.5) is 0 Å². The minimum absolute atomic E-state index is 0.207. The van der Waals surface area contributed by atoms with Crippen molar-refractivity contribution in [2.45, 2.75) is 12.5 Å². The van der Waals surface area contributed by atoms with Gasteiger partial charge in [0.1, 0.15) is 18.1 Å². The minimum atomic E-state index is 0.207. The predicted octanol–water partition coefficient (Wildman–Crippen LogP) is 6.69. The van der Waals surface area contributed by atoms with E-state index in [0.717, 1.165) is 29.3 Å². The van der Waals surface area contributed by atoms with Crippen LogP contribution in [0.3, 0.4) is 0 Å². The normalized spacial score (nSPS) is 14.4. The van der Waals surface area contributed by atoms with Gasteiger partial charge < -0.3 is 24.6 Å². The van der Waals surface area contributed by atoms with Crippen LogP contribution in [0.1, 0.15) is 22.9 Å². The summed E-state index contributed by atoms with van der Waals surface area (Å²) in [6, 6.07) is 21.1. The molecule has 3 heterocycles. The summed E-state index contributed by atoms with van der Waals surface area (Å²) in [6.45, 7) is 2.45. The fraction of sp³-hybridized carbons (Fsp3) is 0.207. The lowest BCUT2D eigenvalue weighted by molar-refractivity contribution is -0.120. The van der Waals surface area contributed by atoms with E-state index in [4.69, 9.17) is 33.7 Å². The molecule has 2 aromatic heterocycles. The van der Waals surface area contributed by atoms with Crippen LogP contribution in [0.5, 0.6) is 11.5 Å². The summed E-state index contributed by atoms with van der Waals surface area (Å²) in [5.74, 6) is 1.36. The molecule has 10 heteroatoms. The maximum absolute atomic E-state index is 9.80. The van der Waals surface area contributed by atoms with Crippen molar-refractivity contribution in [1.82, 2.24) is 14.3 Å². The molecular formula is C29H30Cl2N4O3S. The van der Waals surface area contributed by atoms with Gasteiger partial charge in [0.15, 0.2) is 0 Å². The zero-order valence-corrected chi connectivity index (χ0v) is 23.7. The number of carbonyl (C=O) groups excluding carboxylic acids is 1. The molecule has 4 N–H and O–H groups in total. The summed E-state index contributed by atoms with van der Waals surface area (Å²) >= 11 is 13.4. The van der Waals surface area contributed by atoms with E-state index in [1.165, 1.54) is 22.2 Å². The topological polar surface area (TPSA) is 96.4 Å². The average molecular weight is 586 g/mol. The lowest BCUT2D eigenvalue weighted by Gasteiger charge is -2.33. The van der Waals surface area contributed by atoms with Crippen molar-refractivity contribution in [1.29, 1.82) is 0 Å². The van der Waals surface area contributed by atoms with Crippen LogP contribution in [0.15, 0.2) is 78.3 Å². The summed E-state index contributed by atoms with van der Waals surface area (Å²) < 4.78 is 13.0. The van der Waals surface area contributed by atoms with Crippen LogP contribution in [0.25, 0.3) is 10.9 Å². The number of carbonyl (C=O) groups is 1. The molecule has 0 spiro atoms. The highest BCUT2D eigenvalue weighted by atomic mass is 35.5. The summed E-state index contributed by atoms with van der Waals surface area (Å²) in [4.78, 5) is 15.8. The van der Waals surface area contributed by atoms with E-state index < -0.39 is 0 Å². The van der Waals surface area contributed by atoms with Crippen molar-refractivity contribution in [3.05, 3.63) is 105 Å². The first-order valence-corrected chi connectivity index (χ1v) is 14.0. The first-order valence-electron chi connectivity index (χ1n) is 12.3. The van der Waals surface area contributed by atoms with Crippen molar-refractivity contribution in [2.75, 3.05) is 26.7 Å². The van der Waals surface area contributed by atoms with Crippen LogP contribution in [-0.2, 0) is 11.2 Å². The lowest BCUT2D eigenvalue weighted by Crippen LogP contribution is -2.32. The second-order valence-corrected chi connectivity index (χ2v) is 10.4. The first-order chi connectivity index (χ1) is 19.0. The maximum atomic E-state index is 9.80. The largest absolute Gasteiger partial charge is 0.492 e. The van der Waals surface area contributed by atoms with Gasteiger partial charge in [-0.25, -0.2) is 0 Å². The van der Waals surface area contributed by atoms with Gasteiger partial charge in [-0.3, -0.25) is 9.69 Å². The number of likely N-dealkylation sites (N-methyl/N-ethyl adjacent to an activating group) is 1. The van der Waals surface area contributed by atoms with Crippen molar-refractivity contribution in [3.63, 3.8) is 0 Å². The number of H-pyrrole nitrogens is 2. The van der Waals surface area contributed by atoms with Crippen molar-refractivity contribution < 1.29 is 14.3 Å². The highest BCUT2D eigenvalue weighted by molar-refractivity contribution is 7.04. The van der Waals surface area contributed by atoms with Gasteiger partial charge in [0, 0.05) is 51.3 Å². The lowest BCUT2D eigenvalue weighted by atomic mass is 9.93. The Morgan fingerprint density at radius 2 is 1.69 bits per heavy atom. The third kappa shape index (κ3) is 7.65. The molecule has 0 fully saturated rings. The standard InChI is InChI=1S/C20H22ClN3O.C7H5ClO2.C2H3NS/c1-24-10-8-16-17-12-14(21)4-7-18(17)23-19(16)20(24)13-2-5-15(6-3-13)25-11-9-22;8-6-1-3-7(4-2-6)10-5-9;1-2-4-3-1/h2-7,12,20,23H,8-11,22H2,1H3;1-5H;1-3H. The molecule has 0 aliphatic carbocycles. The van der Waals surface area contributed by atoms with E-state index in [2.05, 4.69) is 50.3 Å². The molecule has 0 amide bonds. The quantitative estimate of drug-likeness (QED) is 0.193. The van der Waals surface area contributed by atoms with Gasteiger partial charge in [-0.15, -0.1) is 0 Å². The molecular weight excluding hydrogens is 555 g/mol. The number of nitrogens with one attached hydrogen (secondary N) is 2. The third-order valence-corrected chi connectivity index (χ3v) is 7.21. The average Bonchev–Trinajstić information content (AvgIpc) is 3.26. The highest BCUT2D eigenvalue weighted by Crippen LogP contribution is 2.38. The molecule has 1 unspecified atom stereocenters. The Kier molecular flexibility index (Phi) is 10.5. The van der Waals surface area contributed by atoms with E-state index in [1.807, 2.05) is 29.8 Å². The molecule has 1 atom stereocenters. The number of hydrogen-bond donors (Lipinski definition) is 3. The molecule has 6 rings (SSSR count). The molecule has 1 aliphatic heterocycles. The fourth-order valence-electron chi connectivity index (χ4n) is 4.36. The van der Waals surface area contributed by atoms with Gasteiger partial charge in [-0.2, -0.15) is 0 Å². The number of halogens is 2. The summed E-state index contributed by atoms with van der Waals surface area (Å²) in [7, 11) is 2.17. The van der Waals surface area contributed by atoms with Crippen LogP contribution in [0.2, 0.25) is 10.0 Å². The zero-order chi connectivity index (χ0) is 27.6. The van der Waals surface area contributed by atoms with Crippen LogP contribution < -0.4 is 15.2 Å². The number of hydrogen-bond acceptors (Lipinski definition) is 6. The SMILES string of the molecule is CN1CCc2c([nH]c3ccc(Cl)cc23)C1c1ccc(OCCN)cc1.O=COc1ccc(Cl)cc1.c1cs[nH]1. The molecule has 5 aromatic rings. The summed E-state index contributed by atoms with van der Waals surface area (Å²) in [5, 5.41) is 4.63. The van der Waals surface area contributed by atoms with E-state index >= 15 is 0 Å². The summed E-state index contributed by atoms with van der Waals surface area (Å²) in [5.41, 5.74) is 10.5. The Bertz CT molecular complexity index is 1430. The summed E-state index contributed by atoms with van der Waals surface area (Å²) in [6.07, 6.45) is 2.92. The van der Waals surface area contributed by atoms with Gasteiger partial charge in [0.05, 0.1) is 6.04 Å². The van der Waals surface area contributed by atoms with Gasteiger partial charge in [0.25, 0.3) is 6.47 Å². The van der Waals surface area contributed by atoms with Crippen molar-refractivity contribution in [3.8, 4) is 11.5 Å². The molecule has 1 aliphatic rings. The second-order valence-electron chi connectivity index (χ2n) is 8.75. The zero-order valence-electron chi connectivity index (χ0n) is 21.4. The number of fused-ring (bicyclic) bond motifs is 3. The van der Waals surface area contributed by atoms with E-state index in [0.29, 0.717) is 30.4 Å². The van der Waals surface area contributed by atoms with Crippen LogP contribution in [-0.4, -0.2) is 47.5 Å². The first kappa shape index (κ1) is 28.7. The van der Waals surface area contributed by atoms with E-state index in [9.17, 15) is 4.79 Å². The smallest absolute Gasteiger partial charge is 0.298 e. The third-order valence-electron chi connectivity index (χ3n) is 6.18. The Morgan fingerprint density at radius 1 is 1.05 bits per heavy atom. The second kappa shape index (κ2) is 14.2. The molecule has 0 bridgehead atoms. The Labute approximate surface area is 241 Å². The highest BCUT2D eigenvalue weighted by Gasteiger charge is 2.29. The van der Waals surface area contributed by atoms with E-state index in [1.54, 1.807) is 35.8 Å². The fourth-order valence-corrected chi connectivity index (χ4v) is 4.80. The monoisotopic (exact) mass is 584 g/mol. The number of nitrogens with zero attached hydrogens (tertiary/aromatic N) is 1. The maximum Gasteiger partial charge on any atom is 0.298 e. The Balaban J connectivity index is 0.000000207. The molecule has 7 nitrogen and oxygen atoms in total.